The van der Waals surface area contributed by atoms with Crippen LogP contribution in [0.3, 0.4) is 0 Å². The monoisotopic (exact) mass is 587 g/mol. The number of imidazole rings is 1. The minimum absolute atomic E-state index is 0. The Morgan fingerprint density at radius 1 is 0.613 bits per heavy atom. The van der Waals surface area contributed by atoms with Gasteiger partial charge in [-0.1, -0.05) is 36.4 Å². The molecule has 0 fully saturated rings. The average Bonchev–Trinajstić information content (AvgIpc) is 3.61. The second-order valence-corrected chi connectivity index (χ2v) is 5.69. The first-order valence-electron chi connectivity index (χ1n) is 8.94. The standard InChI is InChI=1S/C9H9BN6.C6H6.C4H6N2.CO.Re/c1-4-11-14(7-1)10(15-8-2-5-12-15)16-9-3-6-13-16;1-2-4-6-5-3-1;1-6-3-2-5-4-6;1-2;/h1-9H;1-6H;2-4H,1H3;;/q-1;;;;. The molecule has 0 saturated heterocycles. The van der Waals surface area contributed by atoms with Crippen molar-refractivity contribution in [2.24, 2.45) is 7.05 Å². The van der Waals surface area contributed by atoms with E-state index < -0.39 is 0 Å². The quantitative estimate of drug-likeness (QED) is 0.184. The molecule has 0 spiro atoms. The van der Waals surface area contributed by atoms with Gasteiger partial charge in [-0.3, -0.25) is 0 Å². The smallest absolute Gasteiger partial charge is 0.260 e. The topological polar surface area (TPSA) is 91.2 Å². The van der Waals surface area contributed by atoms with E-state index in [9.17, 15) is 0 Å². The Morgan fingerprint density at radius 3 is 1.19 bits per heavy atom. The number of rotatable bonds is 3. The van der Waals surface area contributed by atoms with Crippen LogP contribution in [0.1, 0.15) is 0 Å². The van der Waals surface area contributed by atoms with Gasteiger partial charge >= 0.3 is 11.3 Å². The van der Waals surface area contributed by atoms with Crippen LogP contribution in [-0.4, -0.2) is 45.7 Å². The van der Waals surface area contributed by atoms with E-state index in [1.807, 2.05) is 91.0 Å². The molecule has 0 N–H and O–H groups in total. The van der Waals surface area contributed by atoms with Gasteiger partial charge in [0.25, 0.3) is 7.12 Å². The molecule has 11 heteroatoms. The first-order chi connectivity index (χ1) is 14.8. The van der Waals surface area contributed by atoms with Crippen molar-refractivity contribution in [3.63, 3.8) is 0 Å². The van der Waals surface area contributed by atoms with Crippen LogP contribution in [-0.2, 0) is 32.1 Å². The van der Waals surface area contributed by atoms with Crippen molar-refractivity contribution in [1.82, 2.24) is 38.6 Å². The molecule has 0 saturated carbocycles. The van der Waals surface area contributed by atoms with Gasteiger partial charge in [0.15, 0.2) is 0 Å². The van der Waals surface area contributed by atoms with E-state index in [2.05, 4.69) is 26.9 Å². The summed E-state index contributed by atoms with van der Waals surface area (Å²) in [5, 5.41) is 12.7. The van der Waals surface area contributed by atoms with Crippen LogP contribution in [0.4, 0.5) is 0 Å². The fraction of sp³-hybridized carbons (Fsp3) is 0.0500. The molecular formula is C20H21BN8ORe-. The molecule has 1 aromatic carbocycles. The number of nitrogens with zero attached hydrogens (tertiary/aromatic N) is 8. The van der Waals surface area contributed by atoms with Crippen LogP contribution in [0, 0.1) is 6.65 Å². The molecule has 0 aliphatic heterocycles. The van der Waals surface area contributed by atoms with Crippen molar-refractivity contribution < 1.29 is 25.1 Å². The first kappa shape index (κ1) is 25.6. The predicted octanol–water partition coefficient (Wildman–Crippen LogP) is 2.27. The zero-order valence-corrected chi connectivity index (χ0v) is 19.5. The van der Waals surface area contributed by atoms with Gasteiger partial charge < -0.3 is 18.3 Å². The molecule has 9 nitrogen and oxygen atoms in total. The van der Waals surface area contributed by atoms with Crippen molar-refractivity contribution in [1.29, 1.82) is 0 Å². The second kappa shape index (κ2) is 15.4. The summed E-state index contributed by atoms with van der Waals surface area (Å²) in [6, 6.07) is 17.6. The van der Waals surface area contributed by atoms with E-state index in [0.29, 0.717) is 0 Å². The molecule has 4 heterocycles. The van der Waals surface area contributed by atoms with E-state index in [4.69, 9.17) is 4.65 Å². The molecule has 158 valence electrons. The Labute approximate surface area is 194 Å². The number of benzene rings is 1. The molecule has 0 aliphatic carbocycles. The van der Waals surface area contributed by atoms with Crippen molar-refractivity contribution in [3.8, 4) is 0 Å². The summed E-state index contributed by atoms with van der Waals surface area (Å²) in [4.78, 5) is 3.78. The number of aryl methyl sites for hydroxylation is 1. The van der Waals surface area contributed by atoms with Crippen LogP contribution >= 0.6 is 0 Å². The number of aromatic nitrogens is 8. The van der Waals surface area contributed by atoms with Gasteiger partial charge in [0.05, 0.1) is 6.33 Å². The molecule has 0 unspecified atom stereocenters. The Morgan fingerprint density at radius 2 is 1.00 bits per heavy atom. The van der Waals surface area contributed by atoms with Gasteiger partial charge in [-0.15, -0.1) is 0 Å². The van der Waals surface area contributed by atoms with Crippen molar-refractivity contribution in [2.75, 3.05) is 0 Å². The zero-order chi connectivity index (χ0) is 21.4. The van der Waals surface area contributed by atoms with Crippen LogP contribution in [0.25, 0.3) is 0 Å². The third kappa shape index (κ3) is 8.82. The summed E-state index contributed by atoms with van der Waals surface area (Å²) >= 11 is 0. The largest absolute Gasteiger partial charge is 0.425 e. The van der Waals surface area contributed by atoms with Crippen molar-refractivity contribution in [3.05, 3.63) is 117 Å². The van der Waals surface area contributed by atoms with Gasteiger partial charge in [0, 0.05) is 58.5 Å². The molecule has 5 aromatic rings. The third-order valence-electron chi connectivity index (χ3n) is 3.59. The van der Waals surface area contributed by atoms with Crippen molar-refractivity contribution in [2.45, 2.75) is 0 Å². The van der Waals surface area contributed by atoms with Crippen LogP contribution in [0.15, 0.2) is 110 Å². The van der Waals surface area contributed by atoms with Gasteiger partial charge in [0.1, 0.15) is 0 Å². The molecule has 0 atom stereocenters. The van der Waals surface area contributed by atoms with E-state index in [0.717, 1.165) is 0 Å². The van der Waals surface area contributed by atoms with Gasteiger partial charge in [-0.2, -0.15) is 0 Å². The van der Waals surface area contributed by atoms with E-state index in [-0.39, 0.29) is 27.5 Å². The molecule has 0 aliphatic rings. The number of hydrogen-bond acceptors (Lipinski definition) is 4. The first-order valence-corrected chi connectivity index (χ1v) is 8.94. The van der Waals surface area contributed by atoms with Crippen molar-refractivity contribution >= 4 is 7.12 Å². The fourth-order valence-corrected chi connectivity index (χ4v) is 2.33. The van der Waals surface area contributed by atoms with Crippen LogP contribution in [0.5, 0.6) is 0 Å². The van der Waals surface area contributed by atoms with Gasteiger partial charge in [-0.25, -0.2) is 20.3 Å². The molecule has 0 amide bonds. The summed E-state index contributed by atoms with van der Waals surface area (Å²) in [6.07, 6.45) is 16.2. The SMILES string of the molecule is Cn1ccnc1.[C-]#[O+].[Re].c1ccccc1.c1cnn([B-](n2cccn2)n2cccn2)c1. The maximum absolute atomic E-state index is 7.50. The average molecular weight is 586 g/mol. The van der Waals surface area contributed by atoms with Crippen LogP contribution in [0.2, 0.25) is 0 Å². The Balaban J connectivity index is 0.000000266. The molecule has 4 aromatic heterocycles. The third-order valence-corrected chi connectivity index (χ3v) is 3.59. The maximum Gasteiger partial charge on any atom is 0.260 e. The summed E-state index contributed by atoms with van der Waals surface area (Å²) < 4.78 is 14.8. The minimum atomic E-state index is -0.194. The Bertz CT molecular complexity index is 910. The Hall–Kier alpha value is -3.47. The summed E-state index contributed by atoms with van der Waals surface area (Å²) in [5.41, 5.74) is 0. The normalized spacial score (nSPS) is 9.03. The number of hydrogen-bond donors (Lipinski definition) is 0. The minimum Gasteiger partial charge on any atom is -0.425 e. The maximum atomic E-state index is 7.50. The summed E-state index contributed by atoms with van der Waals surface area (Å²) in [6.45, 7) is 4.50. The molecule has 31 heavy (non-hydrogen) atoms. The molecule has 5 rings (SSSR count). The predicted molar refractivity (Wildman–Crippen MR) is 112 cm³/mol. The van der Waals surface area contributed by atoms with Gasteiger partial charge in [-0.05, 0) is 36.8 Å². The van der Waals surface area contributed by atoms with E-state index >= 15 is 0 Å². The van der Waals surface area contributed by atoms with E-state index in [1.54, 1.807) is 44.9 Å². The van der Waals surface area contributed by atoms with Crippen LogP contribution < -0.4 is 0 Å². The van der Waals surface area contributed by atoms with E-state index in [1.165, 1.54) is 0 Å². The Kier molecular flexibility index (Phi) is 12.7. The fourth-order valence-electron chi connectivity index (χ4n) is 2.33. The van der Waals surface area contributed by atoms with Gasteiger partial charge in [0.2, 0.25) is 0 Å². The zero-order valence-electron chi connectivity index (χ0n) is 16.8. The molecule has 2 radical (unpaired) electrons. The summed E-state index contributed by atoms with van der Waals surface area (Å²) in [5.74, 6) is 0. The molecule has 0 bridgehead atoms. The second-order valence-electron chi connectivity index (χ2n) is 5.69. The molecular weight excluding hydrogens is 565 g/mol. The summed E-state index contributed by atoms with van der Waals surface area (Å²) in [7, 11) is 1.74.